The molecule has 0 atom stereocenters. The minimum Gasteiger partial charge on any atom is -0.508 e. The van der Waals surface area contributed by atoms with Crippen molar-refractivity contribution in [2.75, 3.05) is 0 Å². The van der Waals surface area contributed by atoms with Gasteiger partial charge in [0.15, 0.2) is 0 Å². The fraction of sp³-hybridized carbons (Fsp3) is 0.333. The summed E-state index contributed by atoms with van der Waals surface area (Å²) in [6.45, 7) is 22.4. The Hall–Kier alpha value is -4.30. The van der Waals surface area contributed by atoms with Crippen LogP contribution in [-0.2, 0) is 21.7 Å². The molecular weight excluding hydrogens is 572 g/mol. The molecule has 1 aliphatic rings. The standard InChI is InChI=1S/C45H50O2/c1-41(2,3)37-27-31(22-24-39(37)46)43(7,8)29-16-15-17-30(26-29)44(9,10)32-23-25-40(47)38(28-32)45(42(4,5)6)35-20-13-11-18-33(35)34-19-12-14-21-36(34)45/h11-28,46-47H,1-10H3. The molecule has 0 radical (unpaired) electrons. The molecule has 0 spiro atoms. The van der Waals surface area contributed by atoms with Gasteiger partial charge >= 0.3 is 0 Å². The summed E-state index contributed by atoms with van der Waals surface area (Å²) in [5.41, 5.74) is 10.1. The van der Waals surface area contributed by atoms with Gasteiger partial charge in [-0.15, -0.1) is 0 Å². The molecule has 2 N–H and O–H groups in total. The molecule has 2 heteroatoms. The quantitative estimate of drug-likeness (QED) is 0.205. The lowest BCUT2D eigenvalue weighted by Crippen LogP contribution is -2.41. The Bertz CT molecular complexity index is 1930. The van der Waals surface area contributed by atoms with E-state index < -0.39 is 5.41 Å². The average molecular weight is 623 g/mol. The first-order valence-corrected chi connectivity index (χ1v) is 16.9. The van der Waals surface area contributed by atoms with E-state index in [-0.39, 0.29) is 21.7 Å². The Morgan fingerprint density at radius 2 is 0.872 bits per heavy atom. The Morgan fingerprint density at radius 1 is 0.426 bits per heavy atom. The van der Waals surface area contributed by atoms with E-state index >= 15 is 0 Å². The van der Waals surface area contributed by atoms with E-state index in [4.69, 9.17) is 0 Å². The van der Waals surface area contributed by atoms with Crippen molar-refractivity contribution in [3.63, 3.8) is 0 Å². The summed E-state index contributed by atoms with van der Waals surface area (Å²) < 4.78 is 0. The first-order valence-electron chi connectivity index (χ1n) is 16.9. The van der Waals surface area contributed by atoms with Crippen molar-refractivity contribution in [1.82, 2.24) is 0 Å². The van der Waals surface area contributed by atoms with Gasteiger partial charge in [0.1, 0.15) is 11.5 Å². The van der Waals surface area contributed by atoms with E-state index in [2.05, 4.69) is 166 Å². The number of benzene rings is 5. The molecule has 47 heavy (non-hydrogen) atoms. The zero-order valence-corrected chi connectivity index (χ0v) is 29.8. The predicted molar refractivity (Wildman–Crippen MR) is 197 cm³/mol. The van der Waals surface area contributed by atoms with Crippen LogP contribution in [0.3, 0.4) is 0 Å². The predicted octanol–water partition coefficient (Wildman–Crippen LogP) is 11.4. The van der Waals surface area contributed by atoms with Gasteiger partial charge in [-0.2, -0.15) is 0 Å². The molecule has 0 unspecified atom stereocenters. The molecule has 0 bridgehead atoms. The van der Waals surface area contributed by atoms with E-state index in [1.165, 1.54) is 38.9 Å². The Balaban J connectivity index is 1.50. The number of hydrogen-bond acceptors (Lipinski definition) is 2. The van der Waals surface area contributed by atoms with Crippen LogP contribution < -0.4 is 0 Å². The third-order valence-corrected chi connectivity index (χ3v) is 11.0. The van der Waals surface area contributed by atoms with E-state index in [9.17, 15) is 10.2 Å². The lowest BCUT2D eigenvalue weighted by atomic mass is 9.57. The molecule has 2 nitrogen and oxygen atoms in total. The van der Waals surface area contributed by atoms with Crippen molar-refractivity contribution in [3.8, 4) is 22.6 Å². The van der Waals surface area contributed by atoms with Crippen LogP contribution in [0.1, 0.15) is 114 Å². The van der Waals surface area contributed by atoms with Gasteiger partial charge in [0.2, 0.25) is 0 Å². The highest BCUT2D eigenvalue weighted by atomic mass is 16.3. The first-order chi connectivity index (χ1) is 21.9. The number of phenolic OH excluding ortho intramolecular Hbond substituents is 2. The monoisotopic (exact) mass is 622 g/mol. The number of aromatic hydroxyl groups is 2. The van der Waals surface area contributed by atoms with Crippen molar-refractivity contribution < 1.29 is 10.2 Å². The minimum atomic E-state index is -0.538. The molecule has 5 aromatic rings. The molecule has 0 heterocycles. The van der Waals surface area contributed by atoms with Crippen LogP contribution in [0, 0.1) is 5.41 Å². The molecule has 0 amide bonds. The second-order valence-electron chi connectivity index (χ2n) is 16.6. The van der Waals surface area contributed by atoms with Gasteiger partial charge in [-0.25, -0.2) is 0 Å². The number of fused-ring (bicyclic) bond motifs is 3. The summed E-state index contributed by atoms with van der Waals surface area (Å²) in [6.07, 6.45) is 0. The van der Waals surface area contributed by atoms with E-state index in [1.807, 2.05) is 12.1 Å². The largest absolute Gasteiger partial charge is 0.508 e. The van der Waals surface area contributed by atoms with Crippen LogP contribution in [-0.4, -0.2) is 10.2 Å². The van der Waals surface area contributed by atoms with Crippen LogP contribution in [0.2, 0.25) is 0 Å². The first kappa shape index (κ1) is 32.6. The lowest BCUT2D eigenvalue weighted by molar-refractivity contribution is 0.270. The van der Waals surface area contributed by atoms with E-state index in [1.54, 1.807) is 0 Å². The summed E-state index contributed by atoms with van der Waals surface area (Å²) in [6, 6.07) is 38.7. The maximum Gasteiger partial charge on any atom is 0.120 e. The third-order valence-electron chi connectivity index (χ3n) is 11.0. The zero-order valence-electron chi connectivity index (χ0n) is 29.8. The van der Waals surface area contributed by atoms with Gasteiger partial charge in [-0.1, -0.05) is 160 Å². The highest BCUT2D eigenvalue weighted by molar-refractivity contribution is 5.84. The second kappa shape index (κ2) is 10.9. The van der Waals surface area contributed by atoms with Crippen molar-refractivity contribution in [2.45, 2.75) is 90.9 Å². The van der Waals surface area contributed by atoms with Gasteiger partial charge in [0.05, 0.1) is 5.41 Å². The van der Waals surface area contributed by atoms with E-state index in [0.29, 0.717) is 11.5 Å². The SMILES string of the molecule is CC(C)(C)c1cc(C(C)(C)c2cccc(C(C)(C)c3ccc(O)c(C4(C(C)(C)C)c5ccccc5-c5ccccc54)c3)c2)ccc1O. The molecule has 0 aromatic heterocycles. The topological polar surface area (TPSA) is 40.5 Å². The smallest absolute Gasteiger partial charge is 0.120 e. The van der Waals surface area contributed by atoms with Gasteiger partial charge in [-0.3, -0.25) is 0 Å². The Labute approximate surface area is 282 Å². The maximum absolute atomic E-state index is 11.8. The molecule has 6 rings (SSSR count). The van der Waals surface area contributed by atoms with Crippen molar-refractivity contribution in [3.05, 3.63) is 154 Å². The number of rotatable bonds is 5. The van der Waals surface area contributed by atoms with Crippen molar-refractivity contribution >= 4 is 0 Å². The number of hydrogen-bond donors (Lipinski definition) is 2. The summed E-state index contributed by atoms with van der Waals surface area (Å²) in [4.78, 5) is 0. The molecule has 242 valence electrons. The Morgan fingerprint density at radius 3 is 1.36 bits per heavy atom. The van der Waals surface area contributed by atoms with Crippen LogP contribution in [0.25, 0.3) is 11.1 Å². The zero-order chi connectivity index (χ0) is 34.2. The molecule has 5 aromatic carbocycles. The molecule has 0 saturated carbocycles. The van der Waals surface area contributed by atoms with Crippen LogP contribution >= 0.6 is 0 Å². The fourth-order valence-electron chi connectivity index (χ4n) is 8.12. The fourth-order valence-corrected chi connectivity index (χ4v) is 8.12. The Kier molecular flexibility index (Phi) is 7.55. The lowest BCUT2D eigenvalue weighted by Gasteiger charge is -2.45. The molecular formula is C45H50O2. The maximum atomic E-state index is 11.8. The van der Waals surface area contributed by atoms with Gasteiger partial charge in [0.25, 0.3) is 0 Å². The van der Waals surface area contributed by atoms with Gasteiger partial charge in [-0.05, 0) is 79.1 Å². The molecule has 0 aliphatic heterocycles. The second-order valence-corrected chi connectivity index (χ2v) is 16.6. The van der Waals surface area contributed by atoms with E-state index in [0.717, 1.165) is 16.7 Å². The minimum absolute atomic E-state index is 0.165. The van der Waals surface area contributed by atoms with Gasteiger partial charge in [0, 0.05) is 16.4 Å². The summed E-state index contributed by atoms with van der Waals surface area (Å²) in [5.74, 6) is 0.665. The van der Waals surface area contributed by atoms with Gasteiger partial charge < -0.3 is 10.2 Å². The van der Waals surface area contributed by atoms with Crippen LogP contribution in [0.4, 0.5) is 0 Å². The normalized spacial score (nSPS) is 14.5. The average Bonchev–Trinajstić information content (AvgIpc) is 3.32. The van der Waals surface area contributed by atoms with Crippen molar-refractivity contribution in [2.24, 2.45) is 5.41 Å². The highest BCUT2D eigenvalue weighted by Crippen LogP contribution is 2.62. The third kappa shape index (κ3) is 5.00. The van der Waals surface area contributed by atoms with Crippen molar-refractivity contribution in [1.29, 1.82) is 0 Å². The van der Waals surface area contributed by atoms with Crippen LogP contribution in [0.5, 0.6) is 11.5 Å². The molecule has 1 aliphatic carbocycles. The molecule has 0 fully saturated rings. The highest BCUT2D eigenvalue weighted by Gasteiger charge is 2.53. The van der Waals surface area contributed by atoms with Crippen LogP contribution in [0.15, 0.2) is 109 Å². The summed E-state index contributed by atoms with van der Waals surface area (Å²) in [7, 11) is 0. The number of phenols is 2. The molecule has 0 saturated heterocycles. The summed E-state index contributed by atoms with van der Waals surface area (Å²) >= 11 is 0. The summed E-state index contributed by atoms with van der Waals surface area (Å²) in [5, 5.41) is 22.4.